The first kappa shape index (κ1) is 19.7. The van der Waals surface area contributed by atoms with Crippen molar-refractivity contribution in [1.82, 2.24) is 14.2 Å². The number of aromatic nitrogens is 1. The van der Waals surface area contributed by atoms with Crippen molar-refractivity contribution in [2.75, 3.05) is 48.9 Å². The molecule has 1 N–H and O–H groups in total. The summed E-state index contributed by atoms with van der Waals surface area (Å²) in [6.07, 6.45) is 6.46. The van der Waals surface area contributed by atoms with Gasteiger partial charge in [0.1, 0.15) is 6.04 Å². The Labute approximate surface area is 152 Å². The molecule has 0 unspecified atom stereocenters. The molecule has 2 heterocycles. The second-order valence-corrected chi connectivity index (χ2v) is 9.84. The first-order valence-electron chi connectivity index (χ1n) is 7.99. The first-order valence-corrected chi connectivity index (χ1v) is 12.1. The zero-order chi connectivity index (χ0) is 17.4. The lowest BCUT2D eigenvalue weighted by Gasteiger charge is -2.25. The molecule has 1 aromatic rings. The molecule has 0 bridgehead atoms. The second kappa shape index (κ2) is 9.74. The quantitative estimate of drug-likeness (QED) is 0.687. The van der Waals surface area contributed by atoms with Gasteiger partial charge in [0.05, 0.1) is 5.75 Å². The molecule has 1 aliphatic heterocycles. The summed E-state index contributed by atoms with van der Waals surface area (Å²) in [7, 11) is -3.28. The minimum absolute atomic E-state index is 0.0374. The lowest BCUT2D eigenvalue weighted by Crippen LogP contribution is -2.42. The van der Waals surface area contributed by atoms with Gasteiger partial charge in [-0.2, -0.15) is 23.5 Å². The maximum absolute atomic E-state index is 12.5. The van der Waals surface area contributed by atoms with Crippen LogP contribution >= 0.6 is 23.5 Å². The molecule has 1 fully saturated rings. The van der Waals surface area contributed by atoms with Crippen molar-refractivity contribution in [2.24, 2.45) is 0 Å². The second-order valence-electron chi connectivity index (χ2n) is 5.55. The van der Waals surface area contributed by atoms with E-state index in [9.17, 15) is 13.2 Å². The van der Waals surface area contributed by atoms with Gasteiger partial charge in [0.25, 0.3) is 0 Å². The highest BCUT2D eigenvalue weighted by Gasteiger charge is 2.25. The van der Waals surface area contributed by atoms with Crippen molar-refractivity contribution in [3.8, 4) is 0 Å². The Balaban J connectivity index is 1.86. The van der Waals surface area contributed by atoms with E-state index in [1.54, 1.807) is 23.5 Å². The Hall–Kier alpha value is -0.640. The molecule has 6 nitrogen and oxygen atoms in total. The van der Waals surface area contributed by atoms with E-state index in [-0.39, 0.29) is 24.2 Å². The van der Waals surface area contributed by atoms with Crippen molar-refractivity contribution in [3.05, 3.63) is 24.5 Å². The van der Waals surface area contributed by atoms with Crippen LogP contribution < -0.4 is 5.32 Å². The van der Waals surface area contributed by atoms with Crippen LogP contribution in [0, 0.1) is 0 Å². The lowest BCUT2D eigenvalue weighted by atomic mass is 10.2. The largest absolute Gasteiger partial charge is 0.353 e. The normalized spacial score (nSPS) is 17.5. The summed E-state index contributed by atoms with van der Waals surface area (Å²) in [6, 6.07) is 3.48. The number of nitrogens with one attached hydrogen (secondary N) is 1. The third-order valence-corrected chi connectivity index (χ3v) is 7.37. The van der Waals surface area contributed by atoms with Gasteiger partial charge >= 0.3 is 0 Å². The Bertz CT molecular complexity index is 599. The van der Waals surface area contributed by atoms with Crippen LogP contribution in [-0.2, 0) is 14.8 Å². The van der Waals surface area contributed by atoms with Gasteiger partial charge in [-0.05, 0) is 30.6 Å². The van der Waals surface area contributed by atoms with Gasteiger partial charge in [0.15, 0.2) is 0 Å². The third kappa shape index (κ3) is 5.72. The minimum atomic E-state index is -3.28. The predicted octanol–water partition coefficient (Wildman–Crippen LogP) is 1.28. The van der Waals surface area contributed by atoms with Gasteiger partial charge in [0, 0.05) is 43.5 Å². The number of carbonyl (C=O) groups excluding carboxylic acids is 1. The van der Waals surface area contributed by atoms with E-state index >= 15 is 0 Å². The standard InChI is InChI=1S/C15H25N3O3S3/c1-22-10-4-14(17-6-2-3-7-17)15(19)16-5-13-24(20,21)18-8-11-23-12-9-18/h2-3,6-7,14H,4-5,8-13H2,1H3,(H,16,19)/t14-/m1/s1. The third-order valence-electron chi connectivity index (χ3n) is 3.91. The molecule has 9 heteroatoms. The highest BCUT2D eigenvalue weighted by molar-refractivity contribution is 7.99. The number of sulfonamides is 1. The average molecular weight is 392 g/mol. The van der Waals surface area contributed by atoms with Gasteiger partial charge < -0.3 is 9.88 Å². The summed E-state index contributed by atoms with van der Waals surface area (Å²) in [6.45, 7) is 1.29. The molecule has 2 rings (SSSR count). The number of thioether (sulfide) groups is 2. The summed E-state index contributed by atoms with van der Waals surface area (Å²) in [5.41, 5.74) is 0. The van der Waals surface area contributed by atoms with Gasteiger partial charge in [-0.3, -0.25) is 4.79 Å². The van der Waals surface area contributed by atoms with Crippen molar-refractivity contribution >= 4 is 39.5 Å². The van der Waals surface area contributed by atoms with Crippen LogP contribution in [0.4, 0.5) is 0 Å². The molecule has 0 saturated carbocycles. The highest BCUT2D eigenvalue weighted by Crippen LogP contribution is 2.16. The van der Waals surface area contributed by atoms with Gasteiger partial charge in [0.2, 0.25) is 15.9 Å². The fourth-order valence-electron chi connectivity index (χ4n) is 2.58. The van der Waals surface area contributed by atoms with E-state index in [1.165, 1.54) is 4.31 Å². The van der Waals surface area contributed by atoms with Crippen LogP contribution in [0.25, 0.3) is 0 Å². The predicted molar refractivity (Wildman–Crippen MR) is 102 cm³/mol. The number of nitrogens with zero attached hydrogens (tertiary/aromatic N) is 2. The van der Waals surface area contributed by atoms with Crippen LogP contribution in [0.3, 0.4) is 0 Å². The molecule has 0 spiro atoms. The molecule has 0 aliphatic carbocycles. The maximum Gasteiger partial charge on any atom is 0.243 e. The average Bonchev–Trinajstić information content (AvgIpc) is 3.10. The van der Waals surface area contributed by atoms with Crippen LogP contribution in [0.5, 0.6) is 0 Å². The zero-order valence-corrected chi connectivity index (χ0v) is 16.3. The van der Waals surface area contributed by atoms with Crippen molar-refractivity contribution < 1.29 is 13.2 Å². The molecule has 1 amide bonds. The molecule has 1 aliphatic rings. The van der Waals surface area contributed by atoms with E-state index in [4.69, 9.17) is 0 Å². The van der Waals surface area contributed by atoms with Crippen LogP contribution in [0.2, 0.25) is 0 Å². The van der Waals surface area contributed by atoms with E-state index in [2.05, 4.69) is 5.32 Å². The Kier molecular flexibility index (Phi) is 7.99. The van der Waals surface area contributed by atoms with Gasteiger partial charge in [-0.25, -0.2) is 12.7 Å². The summed E-state index contributed by atoms with van der Waals surface area (Å²) in [4.78, 5) is 12.5. The van der Waals surface area contributed by atoms with E-state index in [0.29, 0.717) is 13.1 Å². The number of amides is 1. The molecular weight excluding hydrogens is 366 g/mol. The topological polar surface area (TPSA) is 71.4 Å². The summed E-state index contributed by atoms with van der Waals surface area (Å²) >= 11 is 3.47. The molecule has 1 atom stereocenters. The molecule has 136 valence electrons. The van der Waals surface area contributed by atoms with Crippen molar-refractivity contribution in [1.29, 1.82) is 0 Å². The zero-order valence-electron chi connectivity index (χ0n) is 13.9. The van der Waals surface area contributed by atoms with Crippen LogP contribution in [0.15, 0.2) is 24.5 Å². The van der Waals surface area contributed by atoms with E-state index < -0.39 is 10.0 Å². The maximum atomic E-state index is 12.5. The van der Waals surface area contributed by atoms with E-state index in [0.717, 1.165) is 23.7 Å². The molecule has 0 aromatic carbocycles. The first-order chi connectivity index (χ1) is 11.5. The number of carbonyl (C=O) groups is 1. The lowest BCUT2D eigenvalue weighted by molar-refractivity contribution is -0.124. The Morgan fingerprint density at radius 2 is 1.96 bits per heavy atom. The highest BCUT2D eigenvalue weighted by atomic mass is 32.2. The monoisotopic (exact) mass is 391 g/mol. The van der Waals surface area contributed by atoms with Crippen LogP contribution in [-0.4, -0.2) is 72.1 Å². The van der Waals surface area contributed by atoms with Crippen molar-refractivity contribution in [3.63, 3.8) is 0 Å². The Morgan fingerprint density at radius 3 is 2.58 bits per heavy atom. The molecule has 1 saturated heterocycles. The number of rotatable bonds is 9. The number of hydrogen-bond donors (Lipinski definition) is 1. The molecular formula is C15H25N3O3S3. The summed E-state index contributed by atoms with van der Waals surface area (Å²) < 4.78 is 28.0. The van der Waals surface area contributed by atoms with Crippen molar-refractivity contribution in [2.45, 2.75) is 12.5 Å². The van der Waals surface area contributed by atoms with Gasteiger partial charge in [-0.15, -0.1) is 0 Å². The van der Waals surface area contributed by atoms with E-state index in [1.807, 2.05) is 35.3 Å². The molecule has 24 heavy (non-hydrogen) atoms. The summed E-state index contributed by atoms with van der Waals surface area (Å²) in [5.74, 6) is 2.40. The summed E-state index contributed by atoms with van der Waals surface area (Å²) in [5, 5.41) is 2.80. The van der Waals surface area contributed by atoms with Crippen LogP contribution in [0.1, 0.15) is 12.5 Å². The Morgan fingerprint density at radius 1 is 1.29 bits per heavy atom. The smallest absolute Gasteiger partial charge is 0.243 e. The SMILES string of the molecule is CSCC[C@H](C(=O)NCCS(=O)(=O)N1CCSCC1)n1cccc1. The minimum Gasteiger partial charge on any atom is -0.353 e. The molecule has 1 aromatic heterocycles. The molecule has 0 radical (unpaired) electrons. The fourth-order valence-corrected chi connectivity index (χ4v) is 5.53. The fraction of sp³-hybridized carbons (Fsp3) is 0.667. The van der Waals surface area contributed by atoms with Gasteiger partial charge in [-0.1, -0.05) is 0 Å². The number of hydrogen-bond acceptors (Lipinski definition) is 5.